The van der Waals surface area contributed by atoms with Gasteiger partial charge in [-0.3, -0.25) is 0 Å². The Kier molecular flexibility index (Phi) is 2.32. The lowest BCUT2D eigenvalue weighted by atomic mass is 10.7. The van der Waals surface area contributed by atoms with Crippen LogP contribution in [0.1, 0.15) is 6.92 Å². The van der Waals surface area contributed by atoms with Crippen molar-refractivity contribution < 1.29 is 4.74 Å². The van der Waals surface area contributed by atoms with Crippen molar-refractivity contribution in [1.82, 2.24) is 9.55 Å². The van der Waals surface area contributed by atoms with Crippen molar-refractivity contribution in [2.45, 2.75) is 13.5 Å². The SMILES string of the molecule is CCn1cc(Br)nc1OC. The van der Waals surface area contributed by atoms with Crippen LogP contribution in [0.5, 0.6) is 6.01 Å². The lowest BCUT2D eigenvalue weighted by Gasteiger charge is -1.99. The summed E-state index contributed by atoms with van der Waals surface area (Å²) in [6.45, 7) is 2.92. The van der Waals surface area contributed by atoms with Crippen LogP contribution in [-0.2, 0) is 6.54 Å². The highest BCUT2D eigenvalue weighted by atomic mass is 79.9. The highest BCUT2D eigenvalue weighted by molar-refractivity contribution is 9.10. The molecule has 0 bridgehead atoms. The van der Waals surface area contributed by atoms with Gasteiger partial charge in [0.25, 0.3) is 6.01 Å². The molecule has 1 heterocycles. The normalized spacial score (nSPS) is 9.90. The first kappa shape index (κ1) is 7.60. The van der Waals surface area contributed by atoms with Gasteiger partial charge in [-0.25, -0.2) is 0 Å². The van der Waals surface area contributed by atoms with E-state index in [0.717, 1.165) is 11.1 Å². The second kappa shape index (κ2) is 3.05. The van der Waals surface area contributed by atoms with E-state index in [0.29, 0.717) is 6.01 Å². The molecule has 0 spiro atoms. The maximum absolute atomic E-state index is 4.98. The third kappa shape index (κ3) is 1.31. The van der Waals surface area contributed by atoms with Crippen molar-refractivity contribution in [1.29, 1.82) is 0 Å². The first-order chi connectivity index (χ1) is 4.77. The fraction of sp³-hybridized carbons (Fsp3) is 0.500. The predicted octanol–water partition coefficient (Wildman–Crippen LogP) is 1.67. The lowest BCUT2D eigenvalue weighted by molar-refractivity contribution is 0.359. The minimum atomic E-state index is 0.648. The molecule has 0 atom stereocenters. The van der Waals surface area contributed by atoms with Crippen LogP contribution in [0.25, 0.3) is 0 Å². The van der Waals surface area contributed by atoms with Crippen LogP contribution in [-0.4, -0.2) is 16.7 Å². The summed E-state index contributed by atoms with van der Waals surface area (Å²) in [4.78, 5) is 4.06. The van der Waals surface area contributed by atoms with Crippen molar-refractivity contribution >= 4 is 15.9 Å². The van der Waals surface area contributed by atoms with E-state index in [-0.39, 0.29) is 0 Å². The number of nitrogens with zero attached hydrogens (tertiary/aromatic N) is 2. The molecule has 1 aromatic rings. The average molecular weight is 205 g/mol. The van der Waals surface area contributed by atoms with Gasteiger partial charge in [-0.15, -0.1) is 0 Å². The molecule has 0 saturated carbocycles. The summed E-state index contributed by atoms with van der Waals surface area (Å²) in [5.74, 6) is 0. The van der Waals surface area contributed by atoms with Gasteiger partial charge in [0, 0.05) is 12.7 Å². The van der Waals surface area contributed by atoms with Gasteiger partial charge in [-0.1, -0.05) is 0 Å². The quantitative estimate of drug-likeness (QED) is 0.734. The molecule has 3 nitrogen and oxygen atoms in total. The molecular formula is C6H9BrN2O. The first-order valence-corrected chi connectivity index (χ1v) is 3.84. The molecule has 1 aromatic heterocycles. The molecule has 0 aliphatic rings. The molecule has 0 aliphatic heterocycles. The van der Waals surface area contributed by atoms with Gasteiger partial charge in [-0.05, 0) is 22.9 Å². The van der Waals surface area contributed by atoms with Crippen molar-refractivity contribution in [2.75, 3.05) is 7.11 Å². The molecule has 0 amide bonds. The Morgan fingerprint density at radius 1 is 1.80 bits per heavy atom. The number of aromatic nitrogens is 2. The molecule has 0 radical (unpaired) electrons. The Labute approximate surface area is 68.1 Å². The minimum absolute atomic E-state index is 0.648. The number of halogens is 1. The monoisotopic (exact) mass is 204 g/mol. The van der Waals surface area contributed by atoms with Crippen molar-refractivity contribution in [3.05, 3.63) is 10.8 Å². The fourth-order valence-corrected chi connectivity index (χ4v) is 1.16. The maximum Gasteiger partial charge on any atom is 0.297 e. The molecule has 0 aromatic carbocycles. The summed E-state index contributed by atoms with van der Waals surface area (Å²) in [6.07, 6.45) is 1.89. The topological polar surface area (TPSA) is 27.1 Å². The standard InChI is InChI=1S/C6H9BrN2O/c1-3-9-4-5(7)8-6(9)10-2/h4H,3H2,1-2H3. The van der Waals surface area contributed by atoms with Crippen LogP contribution >= 0.6 is 15.9 Å². The van der Waals surface area contributed by atoms with Crippen LogP contribution in [0.4, 0.5) is 0 Å². The molecule has 1 rings (SSSR count). The smallest absolute Gasteiger partial charge is 0.297 e. The van der Waals surface area contributed by atoms with Crippen molar-refractivity contribution in [3.8, 4) is 6.01 Å². The predicted molar refractivity (Wildman–Crippen MR) is 42.2 cm³/mol. The van der Waals surface area contributed by atoms with Crippen LogP contribution < -0.4 is 4.74 Å². The van der Waals surface area contributed by atoms with Crippen molar-refractivity contribution in [2.24, 2.45) is 0 Å². The number of aryl methyl sites for hydroxylation is 1. The average Bonchev–Trinajstić information content (AvgIpc) is 2.30. The number of methoxy groups -OCH3 is 1. The Morgan fingerprint density at radius 3 is 2.90 bits per heavy atom. The van der Waals surface area contributed by atoms with E-state index >= 15 is 0 Å². The molecule has 0 N–H and O–H groups in total. The highest BCUT2D eigenvalue weighted by Gasteiger charge is 2.02. The summed E-state index contributed by atoms with van der Waals surface area (Å²) in [6, 6.07) is 0.648. The second-order valence-corrected chi connectivity index (χ2v) is 2.65. The molecule has 10 heavy (non-hydrogen) atoms. The van der Waals surface area contributed by atoms with E-state index < -0.39 is 0 Å². The maximum atomic E-state index is 4.98. The molecule has 0 aliphatic carbocycles. The van der Waals surface area contributed by atoms with Gasteiger partial charge in [-0.2, -0.15) is 4.98 Å². The number of ether oxygens (including phenoxy) is 1. The van der Waals surface area contributed by atoms with E-state index in [1.807, 2.05) is 17.7 Å². The van der Waals surface area contributed by atoms with Gasteiger partial charge >= 0.3 is 0 Å². The summed E-state index contributed by atoms with van der Waals surface area (Å²) in [5.41, 5.74) is 0. The molecule has 0 fully saturated rings. The van der Waals surface area contributed by atoms with Crippen molar-refractivity contribution in [3.63, 3.8) is 0 Å². The summed E-state index contributed by atoms with van der Waals surface area (Å²) in [5, 5.41) is 0. The largest absolute Gasteiger partial charge is 0.468 e. The van der Waals surface area contributed by atoms with Gasteiger partial charge in [0.15, 0.2) is 0 Å². The van der Waals surface area contributed by atoms with Crippen LogP contribution in [0.3, 0.4) is 0 Å². The molecule has 4 heteroatoms. The Morgan fingerprint density at radius 2 is 2.50 bits per heavy atom. The zero-order valence-electron chi connectivity index (χ0n) is 5.97. The Hall–Kier alpha value is -0.510. The molecular weight excluding hydrogens is 196 g/mol. The summed E-state index contributed by atoms with van der Waals surface area (Å²) < 4.78 is 7.71. The summed E-state index contributed by atoms with van der Waals surface area (Å²) in [7, 11) is 1.61. The third-order valence-corrected chi connectivity index (χ3v) is 1.62. The number of hydrogen-bond donors (Lipinski definition) is 0. The fourth-order valence-electron chi connectivity index (χ4n) is 0.758. The van der Waals surface area contributed by atoms with Gasteiger partial charge in [0.2, 0.25) is 0 Å². The minimum Gasteiger partial charge on any atom is -0.468 e. The lowest BCUT2D eigenvalue weighted by Crippen LogP contribution is -1.96. The van der Waals surface area contributed by atoms with E-state index in [1.165, 1.54) is 0 Å². The van der Waals surface area contributed by atoms with Gasteiger partial charge in [0.05, 0.1) is 7.11 Å². The Bertz CT molecular complexity index is 200. The molecule has 0 unspecified atom stereocenters. The van der Waals surface area contributed by atoms with Crippen LogP contribution in [0, 0.1) is 0 Å². The van der Waals surface area contributed by atoms with E-state index in [1.54, 1.807) is 7.11 Å². The van der Waals surface area contributed by atoms with Gasteiger partial charge < -0.3 is 9.30 Å². The van der Waals surface area contributed by atoms with Gasteiger partial charge in [0.1, 0.15) is 4.60 Å². The molecule has 0 saturated heterocycles. The van der Waals surface area contributed by atoms with E-state index in [9.17, 15) is 0 Å². The first-order valence-electron chi connectivity index (χ1n) is 3.04. The van der Waals surface area contributed by atoms with E-state index in [2.05, 4.69) is 20.9 Å². The number of imidazole rings is 1. The van der Waals surface area contributed by atoms with Crippen LogP contribution in [0.15, 0.2) is 10.8 Å². The number of hydrogen-bond acceptors (Lipinski definition) is 2. The zero-order valence-corrected chi connectivity index (χ0v) is 7.55. The number of rotatable bonds is 2. The zero-order chi connectivity index (χ0) is 7.56. The van der Waals surface area contributed by atoms with Crippen LogP contribution in [0.2, 0.25) is 0 Å². The second-order valence-electron chi connectivity index (χ2n) is 1.84. The van der Waals surface area contributed by atoms with E-state index in [4.69, 9.17) is 4.74 Å². The third-order valence-electron chi connectivity index (χ3n) is 1.23. The molecule has 56 valence electrons. The summed E-state index contributed by atoms with van der Waals surface area (Å²) >= 11 is 3.25. The Balaban J connectivity index is 2.96. The highest BCUT2D eigenvalue weighted by Crippen LogP contribution is 2.14.